The molecule has 0 aromatic heterocycles. The largest absolute Gasteiger partial charge is 0.409 e. The predicted octanol–water partition coefficient (Wildman–Crippen LogP) is 2.69. The minimum absolute atomic E-state index is 0.163. The number of rotatable bonds is 4. The molecule has 5 heteroatoms. The Labute approximate surface area is 104 Å². The molecule has 0 fully saturated rings. The fraction of sp³-hybridized carbons (Fsp3) is 0.364. The second kappa shape index (κ2) is 5.75. The maximum atomic E-state index is 8.64. The van der Waals surface area contributed by atoms with Gasteiger partial charge >= 0.3 is 0 Å². The standard InChI is InChI=1S/C11H16BrN3O/c1-3-9(11(13)15-16)14-10-5-4-7(2)6-8(10)12/h4-6,9,14,16H,3H2,1-2H3,(H2,13,15). The van der Waals surface area contributed by atoms with Crippen LogP contribution in [0.25, 0.3) is 0 Å². The van der Waals surface area contributed by atoms with Gasteiger partial charge in [-0.3, -0.25) is 0 Å². The van der Waals surface area contributed by atoms with Gasteiger partial charge in [-0.25, -0.2) is 0 Å². The van der Waals surface area contributed by atoms with E-state index in [9.17, 15) is 0 Å². The van der Waals surface area contributed by atoms with Gasteiger partial charge in [-0.15, -0.1) is 0 Å². The van der Waals surface area contributed by atoms with E-state index < -0.39 is 0 Å². The molecule has 1 rings (SSSR count). The number of halogens is 1. The van der Waals surface area contributed by atoms with Crippen molar-refractivity contribution in [2.75, 3.05) is 5.32 Å². The van der Waals surface area contributed by atoms with Gasteiger partial charge in [0.05, 0.1) is 6.04 Å². The van der Waals surface area contributed by atoms with E-state index in [0.29, 0.717) is 0 Å². The Hall–Kier alpha value is -1.23. The molecule has 0 spiro atoms. The van der Waals surface area contributed by atoms with Crippen molar-refractivity contribution in [3.63, 3.8) is 0 Å². The van der Waals surface area contributed by atoms with E-state index in [1.807, 2.05) is 32.0 Å². The summed E-state index contributed by atoms with van der Waals surface area (Å²) in [6, 6.07) is 5.82. The zero-order valence-corrected chi connectivity index (χ0v) is 11.0. The summed E-state index contributed by atoms with van der Waals surface area (Å²) in [7, 11) is 0. The number of nitrogens with one attached hydrogen (secondary N) is 1. The maximum absolute atomic E-state index is 8.64. The molecule has 0 saturated heterocycles. The van der Waals surface area contributed by atoms with Gasteiger partial charge in [0.2, 0.25) is 0 Å². The van der Waals surface area contributed by atoms with Crippen LogP contribution in [-0.2, 0) is 0 Å². The van der Waals surface area contributed by atoms with Crippen LogP contribution < -0.4 is 11.1 Å². The number of hydrogen-bond donors (Lipinski definition) is 3. The summed E-state index contributed by atoms with van der Waals surface area (Å²) in [5.74, 6) is 0.190. The molecule has 0 heterocycles. The van der Waals surface area contributed by atoms with Gasteiger partial charge in [-0.1, -0.05) is 18.1 Å². The van der Waals surface area contributed by atoms with Crippen molar-refractivity contribution in [2.45, 2.75) is 26.3 Å². The smallest absolute Gasteiger partial charge is 0.161 e. The molecule has 4 N–H and O–H groups in total. The maximum Gasteiger partial charge on any atom is 0.161 e. The van der Waals surface area contributed by atoms with Crippen molar-refractivity contribution in [1.82, 2.24) is 0 Å². The molecule has 16 heavy (non-hydrogen) atoms. The number of oxime groups is 1. The Morgan fingerprint density at radius 2 is 2.31 bits per heavy atom. The zero-order chi connectivity index (χ0) is 12.1. The zero-order valence-electron chi connectivity index (χ0n) is 9.37. The van der Waals surface area contributed by atoms with E-state index in [1.165, 1.54) is 5.56 Å². The molecule has 1 atom stereocenters. The predicted molar refractivity (Wildman–Crippen MR) is 70.0 cm³/mol. The lowest BCUT2D eigenvalue weighted by molar-refractivity contribution is 0.316. The number of hydrogen-bond acceptors (Lipinski definition) is 3. The molecular formula is C11H16BrN3O. The highest BCUT2D eigenvalue weighted by Crippen LogP contribution is 2.24. The van der Waals surface area contributed by atoms with Crippen LogP contribution in [0.1, 0.15) is 18.9 Å². The monoisotopic (exact) mass is 285 g/mol. The van der Waals surface area contributed by atoms with Crippen LogP contribution in [-0.4, -0.2) is 17.1 Å². The summed E-state index contributed by atoms with van der Waals surface area (Å²) < 4.78 is 0.969. The Kier molecular flexibility index (Phi) is 4.61. The Bertz CT molecular complexity index is 393. The number of amidine groups is 1. The summed E-state index contributed by atoms with van der Waals surface area (Å²) in [5.41, 5.74) is 7.69. The van der Waals surface area contributed by atoms with Gasteiger partial charge < -0.3 is 16.3 Å². The van der Waals surface area contributed by atoms with Crippen LogP contribution in [0.4, 0.5) is 5.69 Å². The summed E-state index contributed by atoms with van der Waals surface area (Å²) in [5, 5.41) is 14.9. The molecule has 0 bridgehead atoms. The number of anilines is 1. The molecule has 0 aliphatic heterocycles. The van der Waals surface area contributed by atoms with Gasteiger partial charge in [0.25, 0.3) is 0 Å². The first-order valence-corrected chi connectivity index (χ1v) is 5.88. The van der Waals surface area contributed by atoms with Gasteiger partial charge in [-0.05, 0) is 47.0 Å². The lowest BCUT2D eigenvalue weighted by Gasteiger charge is -2.17. The van der Waals surface area contributed by atoms with E-state index in [0.717, 1.165) is 16.6 Å². The molecule has 0 aliphatic carbocycles. The van der Waals surface area contributed by atoms with E-state index in [4.69, 9.17) is 10.9 Å². The molecule has 4 nitrogen and oxygen atoms in total. The van der Waals surface area contributed by atoms with Crippen molar-refractivity contribution in [2.24, 2.45) is 10.9 Å². The van der Waals surface area contributed by atoms with Crippen LogP contribution in [0.5, 0.6) is 0 Å². The van der Waals surface area contributed by atoms with Crippen molar-refractivity contribution in [1.29, 1.82) is 0 Å². The fourth-order valence-corrected chi connectivity index (χ4v) is 1.99. The van der Waals surface area contributed by atoms with Gasteiger partial charge in [0.15, 0.2) is 5.84 Å². The second-order valence-electron chi connectivity index (χ2n) is 3.61. The lowest BCUT2D eigenvalue weighted by Crippen LogP contribution is -2.35. The minimum atomic E-state index is -0.163. The van der Waals surface area contributed by atoms with E-state index in [-0.39, 0.29) is 11.9 Å². The van der Waals surface area contributed by atoms with Gasteiger partial charge in [0.1, 0.15) is 0 Å². The molecular weight excluding hydrogens is 270 g/mol. The third-order valence-corrected chi connectivity index (χ3v) is 2.99. The second-order valence-corrected chi connectivity index (χ2v) is 4.47. The molecule has 1 unspecified atom stereocenters. The van der Waals surface area contributed by atoms with Crippen molar-refractivity contribution >= 4 is 27.5 Å². The van der Waals surface area contributed by atoms with Crippen LogP contribution in [0.3, 0.4) is 0 Å². The van der Waals surface area contributed by atoms with E-state index in [2.05, 4.69) is 26.4 Å². The summed E-state index contributed by atoms with van der Waals surface area (Å²) in [6.07, 6.45) is 0.746. The highest BCUT2D eigenvalue weighted by Gasteiger charge is 2.12. The molecule has 0 saturated carbocycles. The fourth-order valence-electron chi connectivity index (χ4n) is 1.38. The third kappa shape index (κ3) is 3.13. The Morgan fingerprint density at radius 1 is 1.62 bits per heavy atom. The molecule has 0 amide bonds. The Balaban J connectivity index is 2.86. The van der Waals surface area contributed by atoms with Crippen molar-refractivity contribution < 1.29 is 5.21 Å². The van der Waals surface area contributed by atoms with E-state index >= 15 is 0 Å². The van der Waals surface area contributed by atoms with E-state index in [1.54, 1.807) is 0 Å². The Morgan fingerprint density at radius 3 is 2.81 bits per heavy atom. The lowest BCUT2D eigenvalue weighted by atomic mass is 10.1. The molecule has 1 aromatic carbocycles. The van der Waals surface area contributed by atoms with Gasteiger partial charge in [0, 0.05) is 10.2 Å². The number of nitrogens with zero attached hydrogens (tertiary/aromatic N) is 1. The average molecular weight is 286 g/mol. The van der Waals surface area contributed by atoms with Crippen molar-refractivity contribution in [3.05, 3.63) is 28.2 Å². The van der Waals surface area contributed by atoms with Crippen LogP contribution in [0, 0.1) is 6.92 Å². The topological polar surface area (TPSA) is 70.6 Å². The molecule has 0 aliphatic rings. The summed E-state index contributed by atoms with van der Waals surface area (Å²) >= 11 is 3.47. The normalized spacial score (nSPS) is 13.6. The minimum Gasteiger partial charge on any atom is -0.409 e. The van der Waals surface area contributed by atoms with Gasteiger partial charge in [-0.2, -0.15) is 0 Å². The van der Waals surface area contributed by atoms with Crippen LogP contribution >= 0.6 is 15.9 Å². The molecule has 0 radical (unpaired) electrons. The summed E-state index contributed by atoms with van der Waals surface area (Å²) in [4.78, 5) is 0. The van der Waals surface area contributed by atoms with Crippen molar-refractivity contribution in [3.8, 4) is 0 Å². The first-order chi connectivity index (χ1) is 7.58. The van der Waals surface area contributed by atoms with Crippen LogP contribution in [0.15, 0.2) is 27.8 Å². The molecule has 88 valence electrons. The summed E-state index contributed by atoms with van der Waals surface area (Å²) in [6.45, 7) is 3.99. The van der Waals surface area contributed by atoms with Crippen LogP contribution in [0.2, 0.25) is 0 Å². The number of aryl methyl sites for hydroxylation is 1. The number of nitrogens with two attached hydrogens (primary N) is 1. The highest BCUT2D eigenvalue weighted by atomic mass is 79.9. The first-order valence-electron chi connectivity index (χ1n) is 5.08. The molecule has 1 aromatic rings. The highest BCUT2D eigenvalue weighted by molar-refractivity contribution is 9.10. The third-order valence-electron chi connectivity index (χ3n) is 2.34. The quantitative estimate of drug-likeness (QED) is 0.345. The average Bonchev–Trinajstić information content (AvgIpc) is 2.27. The SMILES string of the molecule is CCC(Nc1ccc(C)cc1Br)C(N)=NO. The number of benzene rings is 1. The first kappa shape index (κ1) is 12.8.